The number of carbonyl (C=O) groups excluding carboxylic acids is 1. The SMILES string of the molecule is COC1(C(=O)NCC(C)N2CCc3sccc3C2)CCNCC1.Cl.Cl. The van der Waals surface area contributed by atoms with Crippen molar-refractivity contribution in [3.63, 3.8) is 0 Å². The summed E-state index contributed by atoms with van der Waals surface area (Å²) in [6.07, 6.45) is 2.61. The van der Waals surface area contributed by atoms with Gasteiger partial charge in [0.05, 0.1) is 0 Å². The van der Waals surface area contributed by atoms with Crippen LogP contribution in [0.5, 0.6) is 0 Å². The molecule has 0 aliphatic carbocycles. The van der Waals surface area contributed by atoms with Crippen molar-refractivity contribution < 1.29 is 9.53 Å². The molecule has 0 radical (unpaired) electrons. The van der Waals surface area contributed by atoms with Gasteiger partial charge in [-0.3, -0.25) is 9.69 Å². The fraction of sp³-hybridized carbons (Fsp3) is 0.706. The van der Waals surface area contributed by atoms with E-state index in [4.69, 9.17) is 4.74 Å². The van der Waals surface area contributed by atoms with E-state index >= 15 is 0 Å². The number of nitrogens with zero attached hydrogens (tertiary/aromatic N) is 1. The molecule has 2 aliphatic heterocycles. The summed E-state index contributed by atoms with van der Waals surface area (Å²) in [4.78, 5) is 16.6. The first-order chi connectivity index (χ1) is 11.1. The van der Waals surface area contributed by atoms with Gasteiger partial charge in [0.25, 0.3) is 5.91 Å². The van der Waals surface area contributed by atoms with Crippen LogP contribution in [-0.2, 0) is 22.5 Å². The molecule has 5 nitrogen and oxygen atoms in total. The number of hydrogen-bond donors (Lipinski definition) is 2. The van der Waals surface area contributed by atoms with Crippen LogP contribution in [0.3, 0.4) is 0 Å². The zero-order valence-electron chi connectivity index (χ0n) is 14.9. The van der Waals surface area contributed by atoms with Gasteiger partial charge in [-0.2, -0.15) is 0 Å². The first-order valence-corrected chi connectivity index (χ1v) is 9.36. The van der Waals surface area contributed by atoms with E-state index in [-0.39, 0.29) is 30.7 Å². The third kappa shape index (κ3) is 5.08. The summed E-state index contributed by atoms with van der Waals surface area (Å²) < 4.78 is 5.59. The third-order valence-corrected chi connectivity index (χ3v) is 6.26. The van der Waals surface area contributed by atoms with Crippen LogP contribution < -0.4 is 10.6 Å². The number of nitrogens with one attached hydrogen (secondary N) is 2. The molecular formula is C17H29Cl2N3O2S. The molecule has 3 heterocycles. The van der Waals surface area contributed by atoms with Crippen molar-refractivity contribution in [2.75, 3.05) is 33.3 Å². The van der Waals surface area contributed by atoms with E-state index in [1.54, 1.807) is 7.11 Å². The van der Waals surface area contributed by atoms with E-state index in [1.165, 1.54) is 10.4 Å². The van der Waals surface area contributed by atoms with Crippen LogP contribution in [0.4, 0.5) is 0 Å². The lowest BCUT2D eigenvalue weighted by atomic mass is 9.91. The minimum atomic E-state index is -0.645. The molecule has 1 aromatic heterocycles. The van der Waals surface area contributed by atoms with E-state index in [1.807, 2.05) is 11.3 Å². The minimum absolute atomic E-state index is 0. The van der Waals surface area contributed by atoms with Gasteiger partial charge in [0, 0.05) is 37.7 Å². The maximum Gasteiger partial charge on any atom is 0.252 e. The molecule has 3 rings (SSSR count). The predicted molar refractivity (Wildman–Crippen MR) is 107 cm³/mol. The summed E-state index contributed by atoms with van der Waals surface area (Å²) in [5, 5.41) is 8.59. The summed E-state index contributed by atoms with van der Waals surface area (Å²) in [6, 6.07) is 2.56. The largest absolute Gasteiger partial charge is 0.368 e. The van der Waals surface area contributed by atoms with Gasteiger partial charge in [-0.25, -0.2) is 0 Å². The molecule has 1 unspecified atom stereocenters. The molecule has 0 spiro atoms. The fourth-order valence-electron chi connectivity index (χ4n) is 3.53. The highest BCUT2D eigenvalue weighted by Gasteiger charge is 2.39. The van der Waals surface area contributed by atoms with Crippen molar-refractivity contribution in [2.24, 2.45) is 0 Å². The second-order valence-corrected chi connectivity index (χ2v) is 7.60. The Morgan fingerprint density at radius 1 is 1.44 bits per heavy atom. The molecule has 1 atom stereocenters. The molecule has 0 bridgehead atoms. The van der Waals surface area contributed by atoms with Gasteiger partial charge in [-0.1, -0.05) is 0 Å². The molecule has 25 heavy (non-hydrogen) atoms. The number of halogens is 2. The van der Waals surface area contributed by atoms with E-state index in [0.29, 0.717) is 12.6 Å². The highest BCUT2D eigenvalue weighted by atomic mass is 35.5. The van der Waals surface area contributed by atoms with E-state index < -0.39 is 5.60 Å². The summed E-state index contributed by atoms with van der Waals surface area (Å²) in [5.74, 6) is 0.0431. The molecule has 2 aliphatic rings. The molecule has 1 aromatic rings. The summed E-state index contributed by atoms with van der Waals surface area (Å²) in [6.45, 7) is 6.61. The van der Waals surface area contributed by atoms with E-state index in [2.05, 4.69) is 33.9 Å². The molecule has 1 amide bonds. The van der Waals surface area contributed by atoms with E-state index in [0.717, 1.165) is 45.4 Å². The van der Waals surface area contributed by atoms with Crippen LogP contribution in [0.1, 0.15) is 30.2 Å². The van der Waals surface area contributed by atoms with Gasteiger partial charge in [0.1, 0.15) is 5.60 Å². The summed E-state index contributed by atoms with van der Waals surface area (Å²) in [5.41, 5.74) is 0.805. The number of hydrogen-bond acceptors (Lipinski definition) is 5. The van der Waals surface area contributed by atoms with Crippen molar-refractivity contribution in [1.82, 2.24) is 15.5 Å². The maximum absolute atomic E-state index is 12.6. The Bertz CT molecular complexity index is 550. The molecule has 144 valence electrons. The molecular weight excluding hydrogens is 381 g/mol. The Morgan fingerprint density at radius 2 is 2.16 bits per heavy atom. The lowest BCUT2D eigenvalue weighted by Crippen LogP contribution is -2.56. The zero-order valence-corrected chi connectivity index (χ0v) is 17.3. The average molecular weight is 410 g/mol. The number of fused-ring (bicyclic) bond motifs is 1. The standard InChI is InChI=1S/C17H27N3O2S.2ClH/c1-13(20-9-3-15-14(12-20)4-10-23-15)11-19-16(21)17(22-2)5-7-18-8-6-17;;/h4,10,13,18H,3,5-9,11-12H2,1-2H3,(H,19,21);2*1H. The van der Waals surface area contributed by atoms with Crippen LogP contribution in [0.15, 0.2) is 11.4 Å². The predicted octanol–water partition coefficient (Wildman–Crippen LogP) is 2.22. The summed E-state index contributed by atoms with van der Waals surface area (Å²) in [7, 11) is 1.65. The number of rotatable bonds is 5. The van der Waals surface area contributed by atoms with Crippen molar-refractivity contribution in [2.45, 2.75) is 44.4 Å². The molecule has 8 heteroatoms. The maximum atomic E-state index is 12.6. The van der Waals surface area contributed by atoms with Crippen molar-refractivity contribution in [1.29, 1.82) is 0 Å². The van der Waals surface area contributed by atoms with Crippen LogP contribution in [-0.4, -0.2) is 55.7 Å². The number of carbonyl (C=O) groups is 1. The quantitative estimate of drug-likeness (QED) is 0.782. The molecule has 0 aromatic carbocycles. The smallest absolute Gasteiger partial charge is 0.252 e. The van der Waals surface area contributed by atoms with Crippen molar-refractivity contribution >= 4 is 42.1 Å². The Kier molecular flexibility index (Phi) is 9.15. The highest BCUT2D eigenvalue weighted by Crippen LogP contribution is 2.25. The highest BCUT2D eigenvalue weighted by molar-refractivity contribution is 7.10. The lowest BCUT2D eigenvalue weighted by Gasteiger charge is -2.36. The Balaban J connectivity index is 0.00000156. The first-order valence-electron chi connectivity index (χ1n) is 8.48. The van der Waals surface area contributed by atoms with Crippen LogP contribution in [0, 0.1) is 0 Å². The molecule has 1 fully saturated rings. The first kappa shape index (κ1) is 22.7. The Hall–Kier alpha value is -0.370. The Morgan fingerprint density at radius 3 is 2.84 bits per heavy atom. The van der Waals surface area contributed by atoms with Gasteiger partial charge in [-0.05, 0) is 56.3 Å². The lowest BCUT2D eigenvalue weighted by molar-refractivity contribution is -0.146. The average Bonchev–Trinajstić information content (AvgIpc) is 3.07. The molecule has 1 saturated heterocycles. The second-order valence-electron chi connectivity index (χ2n) is 6.60. The number of amides is 1. The summed E-state index contributed by atoms with van der Waals surface area (Å²) >= 11 is 1.86. The number of thiophene rings is 1. The Labute approximate surface area is 166 Å². The monoisotopic (exact) mass is 409 g/mol. The number of piperidine rings is 1. The van der Waals surface area contributed by atoms with Gasteiger partial charge < -0.3 is 15.4 Å². The van der Waals surface area contributed by atoms with E-state index in [9.17, 15) is 4.79 Å². The van der Waals surface area contributed by atoms with Gasteiger partial charge in [0.15, 0.2) is 0 Å². The number of methoxy groups -OCH3 is 1. The van der Waals surface area contributed by atoms with Gasteiger partial charge in [0.2, 0.25) is 0 Å². The zero-order chi connectivity index (χ0) is 16.3. The second kappa shape index (κ2) is 10.1. The number of ether oxygens (including phenoxy) is 1. The molecule has 0 saturated carbocycles. The van der Waals surface area contributed by atoms with Crippen molar-refractivity contribution in [3.05, 3.63) is 21.9 Å². The van der Waals surface area contributed by atoms with Gasteiger partial charge in [-0.15, -0.1) is 36.2 Å². The molecule has 2 N–H and O–H groups in total. The van der Waals surface area contributed by atoms with Crippen molar-refractivity contribution in [3.8, 4) is 0 Å². The fourth-order valence-corrected chi connectivity index (χ4v) is 4.42. The van der Waals surface area contributed by atoms with Crippen LogP contribution >= 0.6 is 36.2 Å². The normalized spacial score (nSPS) is 20.6. The van der Waals surface area contributed by atoms with Gasteiger partial charge >= 0.3 is 0 Å². The third-order valence-electron chi connectivity index (χ3n) is 5.23. The van der Waals surface area contributed by atoms with Crippen LogP contribution in [0.2, 0.25) is 0 Å². The minimum Gasteiger partial charge on any atom is -0.368 e. The topological polar surface area (TPSA) is 53.6 Å². The van der Waals surface area contributed by atoms with Crippen LogP contribution in [0.25, 0.3) is 0 Å².